The predicted octanol–water partition coefficient (Wildman–Crippen LogP) is 2.49. The van der Waals surface area contributed by atoms with Crippen molar-refractivity contribution in [3.8, 4) is 11.5 Å². The maximum atomic E-state index is 5.41. The average Bonchev–Trinajstić information content (AvgIpc) is 2.58. The average molecular weight is 315 g/mol. The third kappa shape index (κ3) is 4.68. The summed E-state index contributed by atoms with van der Waals surface area (Å²) in [5.74, 6) is 1.50. The number of methoxy groups -OCH3 is 2. The summed E-state index contributed by atoms with van der Waals surface area (Å²) in [6, 6.07) is 10.3. The fourth-order valence-electron chi connectivity index (χ4n) is 2.51. The molecule has 0 spiro atoms. The number of benzene rings is 1. The topological polar surface area (TPSA) is 46.6 Å². The van der Waals surface area contributed by atoms with Crippen LogP contribution in [-0.2, 0) is 6.54 Å². The highest BCUT2D eigenvalue weighted by atomic mass is 16.5. The lowest BCUT2D eigenvalue weighted by Gasteiger charge is -2.26. The van der Waals surface area contributed by atoms with E-state index in [9.17, 15) is 0 Å². The van der Waals surface area contributed by atoms with E-state index in [0.717, 1.165) is 24.6 Å². The van der Waals surface area contributed by atoms with Crippen LogP contribution >= 0.6 is 0 Å². The van der Waals surface area contributed by atoms with Crippen LogP contribution in [0.3, 0.4) is 0 Å². The van der Waals surface area contributed by atoms with Gasteiger partial charge in [0.15, 0.2) is 11.5 Å². The summed E-state index contributed by atoms with van der Waals surface area (Å²) in [6.45, 7) is 1.63. The van der Waals surface area contributed by atoms with Gasteiger partial charge in [-0.2, -0.15) is 0 Å². The van der Waals surface area contributed by atoms with E-state index < -0.39 is 0 Å². The van der Waals surface area contributed by atoms with Crippen molar-refractivity contribution in [2.75, 3.05) is 34.9 Å². The van der Waals surface area contributed by atoms with E-state index in [1.165, 1.54) is 11.1 Å². The number of pyridine rings is 1. The second-order valence-electron chi connectivity index (χ2n) is 5.59. The normalized spacial score (nSPS) is 12.2. The fourth-order valence-corrected chi connectivity index (χ4v) is 2.51. The zero-order valence-corrected chi connectivity index (χ0v) is 14.2. The van der Waals surface area contributed by atoms with Crippen LogP contribution in [0.4, 0.5) is 0 Å². The first kappa shape index (κ1) is 17.2. The Hall–Kier alpha value is -2.11. The molecule has 1 aromatic heterocycles. The lowest BCUT2D eigenvalue weighted by Crippen LogP contribution is -2.30. The molecule has 0 radical (unpaired) electrons. The Morgan fingerprint density at radius 2 is 1.91 bits per heavy atom. The van der Waals surface area contributed by atoms with E-state index in [1.54, 1.807) is 20.4 Å². The van der Waals surface area contributed by atoms with Crippen molar-refractivity contribution in [2.45, 2.75) is 12.6 Å². The number of likely N-dealkylation sites (N-methyl/N-ethyl adjacent to an activating group) is 1. The molecule has 5 heteroatoms. The van der Waals surface area contributed by atoms with Gasteiger partial charge in [0, 0.05) is 31.5 Å². The molecule has 23 heavy (non-hydrogen) atoms. The summed E-state index contributed by atoms with van der Waals surface area (Å²) >= 11 is 0. The summed E-state index contributed by atoms with van der Waals surface area (Å²) < 4.78 is 10.7. The van der Waals surface area contributed by atoms with Gasteiger partial charge in [-0.25, -0.2) is 0 Å². The molecule has 1 N–H and O–H groups in total. The standard InChI is InChI=1S/C18H25N3O2/c1-21(2)16(13-20-12-14-6-5-9-19-11-14)15-7-8-17(22-3)18(10-15)23-4/h5-11,16,20H,12-13H2,1-4H3. The quantitative estimate of drug-likeness (QED) is 0.811. The number of ether oxygens (including phenoxy) is 2. The number of nitrogens with zero attached hydrogens (tertiary/aromatic N) is 2. The first-order valence-electron chi connectivity index (χ1n) is 7.63. The van der Waals surface area contributed by atoms with Crippen molar-refractivity contribution in [3.05, 3.63) is 53.9 Å². The van der Waals surface area contributed by atoms with Crippen LogP contribution in [0.25, 0.3) is 0 Å². The Labute approximate surface area is 138 Å². The SMILES string of the molecule is COc1ccc(C(CNCc2cccnc2)N(C)C)cc1OC. The zero-order valence-electron chi connectivity index (χ0n) is 14.2. The molecule has 1 aromatic carbocycles. The fraction of sp³-hybridized carbons (Fsp3) is 0.389. The molecule has 1 unspecified atom stereocenters. The van der Waals surface area contributed by atoms with Crippen molar-refractivity contribution < 1.29 is 9.47 Å². The van der Waals surface area contributed by atoms with E-state index in [2.05, 4.69) is 41.4 Å². The van der Waals surface area contributed by atoms with Crippen LogP contribution in [0, 0.1) is 0 Å². The zero-order chi connectivity index (χ0) is 16.7. The van der Waals surface area contributed by atoms with Gasteiger partial charge in [-0.3, -0.25) is 4.98 Å². The molecule has 2 rings (SSSR count). The molecule has 0 aliphatic carbocycles. The van der Waals surface area contributed by atoms with Crippen LogP contribution in [0.15, 0.2) is 42.7 Å². The molecule has 0 saturated heterocycles. The molecule has 2 aromatic rings. The predicted molar refractivity (Wildman–Crippen MR) is 91.9 cm³/mol. The van der Waals surface area contributed by atoms with Crippen LogP contribution in [-0.4, -0.2) is 44.7 Å². The molecule has 0 aliphatic heterocycles. The van der Waals surface area contributed by atoms with Gasteiger partial charge in [0.2, 0.25) is 0 Å². The highest BCUT2D eigenvalue weighted by Gasteiger charge is 2.16. The second-order valence-corrected chi connectivity index (χ2v) is 5.59. The van der Waals surface area contributed by atoms with Gasteiger partial charge in [-0.15, -0.1) is 0 Å². The maximum Gasteiger partial charge on any atom is 0.161 e. The molecule has 0 amide bonds. The monoisotopic (exact) mass is 315 g/mol. The smallest absolute Gasteiger partial charge is 0.161 e. The second kappa shape index (κ2) is 8.50. The Morgan fingerprint density at radius 3 is 2.52 bits per heavy atom. The molecule has 0 bridgehead atoms. The van der Waals surface area contributed by atoms with Gasteiger partial charge in [-0.1, -0.05) is 12.1 Å². The summed E-state index contributed by atoms with van der Waals surface area (Å²) in [7, 11) is 7.46. The van der Waals surface area contributed by atoms with Gasteiger partial charge in [-0.05, 0) is 43.4 Å². The molecule has 124 valence electrons. The van der Waals surface area contributed by atoms with Gasteiger partial charge in [0.25, 0.3) is 0 Å². The van der Waals surface area contributed by atoms with E-state index >= 15 is 0 Å². The summed E-state index contributed by atoms with van der Waals surface area (Å²) in [6.07, 6.45) is 3.67. The minimum absolute atomic E-state index is 0.242. The molecule has 0 saturated carbocycles. The highest BCUT2D eigenvalue weighted by Crippen LogP contribution is 2.31. The van der Waals surface area contributed by atoms with Crippen molar-refractivity contribution in [1.82, 2.24) is 15.2 Å². The van der Waals surface area contributed by atoms with Crippen LogP contribution < -0.4 is 14.8 Å². The largest absolute Gasteiger partial charge is 0.493 e. The molecule has 0 fully saturated rings. The Balaban J connectivity index is 2.06. The van der Waals surface area contributed by atoms with E-state index in [1.807, 2.05) is 24.4 Å². The third-order valence-electron chi connectivity index (χ3n) is 3.81. The van der Waals surface area contributed by atoms with Crippen molar-refractivity contribution >= 4 is 0 Å². The van der Waals surface area contributed by atoms with Gasteiger partial charge in [0.05, 0.1) is 14.2 Å². The lowest BCUT2D eigenvalue weighted by atomic mass is 10.0. The van der Waals surface area contributed by atoms with Gasteiger partial charge < -0.3 is 19.7 Å². The molecule has 1 atom stereocenters. The minimum atomic E-state index is 0.242. The molecule has 0 aliphatic rings. The highest BCUT2D eigenvalue weighted by molar-refractivity contribution is 5.43. The number of nitrogens with one attached hydrogen (secondary N) is 1. The van der Waals surface area contributed by atoms with Crippen molar-refractivity contribution in [2.24, 2.45) is 0 Å². The minimum Gasteiger partial charge on any atom is -0.493 e. The first-order chi connectivity index (χ1) is 11.2. The Kier molecular flexibility index (Phi) is 6.38. The van der Waals surface area contributed by atoms with Crippen molar-refractivity contribution in [3.63, 3.8) is 0 Å². The summed E-state index contributed by atoms with van der Waals surface area (Å²) in [4.78, 5) is 6.33. The van der Waals surface area contributed by atoms with E-state index in [0.29, 0.717) is 0 Å². The van der Waals surface area contributed by atoms with E-state index in [-0.39, 0.29) is 6.04 Å². The number of rotatable bonds is 8. The first-order valence-corrected chi connectivity index (χ1v) is 7.63. The molecule has 5 nitrogen and oxygen atoms in total. The number of aromatic nitrogens is 1. The Morgan fingerprint density at radius 1 is 1.13 bits per heavy atom. The van der Waals surface area contributed by atoms with Crippen LogP contribution in [0.2, 0.25) is 0 Å². The van der Waals surface area contributed by atoms with Gasteiger partial charge >= 0.3 is 0 Å². The van der Waals surface area contributed by atoms with Crippen molar-refractivity contribution in [1.29, 1.82) is 0 Å². The molecule has 1 heterocycles. The molecular formula is C18H25N3O2. The van der Waals surface area contributed by atoms with Crippen LogP contribution in [0.1, 0.15) is 17.2 Å². The van der Waals surface area contributed by atoms with Crippen LogP contribution in [0.5, 0.6) is 11.5 Å². The maximum absolute atomic E-state index is 5.41. The third-order valence-corrected chi connectivity index (χ3v) is 3.81. The number of hydrogen-bond donors (Lipinski definition) is 1. The summed E-state index contributed by atoms with van der Waals surface area (Å²) in [5, 5.41) is 3.49. The molecular weight excluding hydrogens is 290 g/mol. The van der Waals surface area contributed by atoms with E-state index in [4.69, 9.17) is 9.47 Å². The Bertz CT molecular complexity index is 602. The lowest BCUT2D eigenvalue weighted by molar-refractivity contribution is 0.286. The van der Waals surface area contributed by atoms with Gasteiger partial charge in [0.1, 0.15) is 0 Å². The number of hydrogen-bond acceptors (Lipinski definition) is 5. The summed E-state index contributed by atoms with van der Waals surface area (Å²) in [5.41, 5.74) is 2.36.